The van der Waals surface area contributed by atoms with Crippen molar-refractivity contribution < 1.29 is 9.59 Å². The molecule has 1 unspecified atom stereocenters. The van der Waals surface area contributed by atoms with Gasteiger partial charge in [0.2, 0.25) is 0 Å². The molecule has 180 valence electrons. The van der Waals surface area contributed by atoms with Crippen LogP contribution in [0.4, 0.5) is 10.5 Å². The fourth-order valence-electron chi connectivity index (χ4n) is 4.87. The number of nitrogens with zero attached hydrogens (tertiary/aromatic N) is 3. The van der Waals surface area contributed by atoms with Crippen LogP contribution in [0.15, 0.2) is 24.3 Å². The van der Waals surface area contributed by atoms with E-state index < -0.39 is 0 Å². The summed E-state index contributed by atoms with van der Waals surface area (Å²) in [4.78, 5) is 34.8. The maximum atomic E-state index is 13.4. The quantitative estimate of drug-likeness (QED) is 0.582. The van der Waals surface area contributed by atoms with Gasteiger partial charge < -0.3 is 10.6 Å². The lowest BCUT2D eigenvalue weighted by Gasteiger charge is -2.26. The predicted octanol–water partition coefficient (Wildman–Crippen LogP) is 5.19. The molecule has 2 aliphatic heterocycles. The molecule has 33 heavy (non-hydrogen) atoms. The van der Waals surface area contributed by atoms with E-state index in [2.05, 4.69) is 13.8 Å². The summed E-state index contributed by atoms with van der Waals surface area (Å²) >= 11 is 0. The summed E-state index contributed by atoms with van der Waals surface area (Å²) in [6.45, 7) is 9.18. The fraction of sp³-hybridized carbons (Fsp3) is 0.480. The maximum absolute atomic E-state index is 13.4. The zero-order valence-corrected chi connectivity index (χ0v) is 21.4. The lowest BCUT2D eigenvalue weighted by molar-refractivity contribution is -0.120. The van der Waals surface area contributed by atoms with Gasteiger partial charge in [-0.3, -0.25) is 9.78 Å². The summed E-state index contributed by atoms with van der Waals surface area (Å²) in [5.74, 6) is 0.278. The average Bonchev–Trinajstić information content (AvgIpc) is 2.99. The van der Waals surface area contributed by atoms with Gasteiger partial charge in [0.15, 0.2) is 0 Å². The summed E-state index contributed by atoms with van der Waals surface area (Å²) in [6.07, 6.45) is 3.43. The van der Waals surface area contributed by atoms with Crippen LogP contribution in [0, 0.1) is 19.8 Å². The van der Waals surface area contributed by atoms with Gasteiger partial charge in [0.05, 0.1) is 11.4 Å². The van der Waals surface area contributed by atoms with Gasteiger partial charge in [0.1, 0.15) is 6.04 Å². The number of rotatable bonds is 5. The van der Waals surface area contributed by atoms with E-state index in [9.17, 15) is 9.59 Å². The highest BCUT2D eigenvalue weighted by Crippen LogP contribution is 2.41. The van der Waals surface area contributed by atoms with Crippen LogP contribution in [0.2, 0.25) is 0 Å². The van der Waals surface area contributed by atoms with Crippen LogP contribution < -0.4 is 10.6 Å². The SMILES string of the molecule is Cc1ccc(-c2c(CN)c(CC(C)C)nc(C)c2N2C(=O)C3CCCCN3C2=O)cc1.Cl.Cl. The van der Waals surface area contributed by atoms with Crippen LogP contribution in [0.3, 0.4) is 0 Å². The van der Waals surface area contributed by atoms with E-state index >= 15 is 0 Å². The summed E-state index contributed by atoms with van der Waals surface area (Å²) in [7, 11) is 0. The number of anilines is 1. The second-order valence-corrected chi connectivity index (χ2v) is 9.18. The first kappa shape index (κ1) is 27.1. The van der Waals surface area contributed by atoms with Gasteiger partial charge in [-0.05, 0) is 56.6 Å². The zero-order valence-electron chi connectivity index (χ0n) is 19.8. The van der Waals surface area contributed by atoms with Crippen LogP contribution in [-0.2, 0) is 17.8 Å². The minimum Gasteiger partial charge on any atom is -0.326 e. The summed E-state index contributed by atoms with van der Waals surface area (Å²) in [6, 6.07) is 7.60. The average molecular weight is 493 g/mol. The number of nitrogens with two attached hydrogens (primary N) is 1. The fourth-order valence-corrected chi connectivity index (χ4v) is 4.87. The smallest absolute Gasteiger partial charge is 0.326 e. The van der Waals surface area contributed by atoms with Gasteiger partial charge in [-0.15, -0.1) is 24.8 Å². The second kappa shape index (κ2) is 10.9. The Morgan fingerprint density at radius 1 is 1.09 bits per heavy atom. The highest BCUT2D eigenvalue weighted by atomic mass is 35.5. The molecule has 0 bridgehead atoms. The molecule has 2 fully saturated rings. The molecule has 1 aromatic carbocycles. The number of amides is 3. The van der Waals surface area contributed by atoms with Crippen molar-refractivity contribution in [1.29, 1.82) is 0 Å². The predicted molar refractivity (Wildman–Crippen MR) is 137 cm³/mol. The number of carbonyl (C=O) groups is 2. The van der Waals surface area contributed by atoms with Crippen molar-refractivity contribution in [2.45, 2.75) is 66.0 Å². The Bertz CT molecular complexity index is 1000. The number of carbonyl (C=O) groups excluding carboxylic acids is 2. The number of imide groups is 1. The first-order valence-electron chi connectivity index (χ1n) is 11.3. The molecule has 3 amide bonds. The first-order chi connectivity index (χ1) is 14.8. The van der Waals surface area contributed by atoms with E-state index in [1.165, 1.54) is 4.90 Å². The lowest BCUT2D eigenvalue weighted by Crippen LogP contribution is -2.39. The third-order valence-electron chi connectivity index (χ3n) is 6.35. The molecule has 0 radical (unpaired) electrons. The standard InChI is InChI=1S/C25H32N4O2.2ClH/c1-15(2)13-20-19(14-26)22(18-10-8-16(3)9-11-18)23(17(4)27-20)29-24(30)21-7-5-6-12-28(21)25(29)31;;/h8-11,15,21H,5-7,12-14,26H2,1-4H3;2*1H. The minimum absolute atomic E-state index is 0. The number of urea groups is 1. The van der Waals surface area contributed by atoms with Crippen molar-refractivity contribution in [3.05, 3.63) is 46.8 Å². The molecule has 6 nitrogen and oxygen atoms in total. The van der Waals surface area contributed by atoms with E-state index in [4.69, 9.17) is 10.7 Å². The molecule has 2 aromatic rings. The minimum atomic E-state index is -0.358. The van der Waals surface area contributed by atoms with Crippen molar-refractivity contribution in [3.8, 4) is 11.1 Å². The molecule has 0 spiro atoms. The second-order valence-electron chi connectivity index (χ2n) is 9.18. The normalized spacial score (nSPS) is 17.7. The van der Waals surface area contributed by atoms with Gasteiger partial charge >= 0.3 is 6.03 Å². The van der Waals surface area contributed by atoms with Crippen LogP contribution in [0.5, 0.6) is 0 Å². The van der Waals surface area contributed by atoms with Crippen molar-refractivity contribution in [3.63, 3.8) is 0 Å². The van der Waals surface area contributed by atoms with E-state index in [1.54, 1.807) is 4.90 Å². The zero-order chi connectivity index (χ0) is 22.3. The summed E-state index contributed by atoms with van der Waals surface area (Å²) in [5, 5.41) is 0. The van der Waals surface area contributed by atoms with E-state index in [-0.39, 0.29) is 42.8 Å². The first-order valence-corrected chi connectivity index (χ1v) is 11.3. The van der Waals surface area contributed by atoms with Crippen LogP contribution in [0.1, 0.15) is 55.6 Å². The van der Waals surface area contributed by atoms with Gasteiger partial charge in [-0.25, -0.2) is 9.69 Å². The molecule has 2 saturated heterocycles. The maximum Gasteiger partial charge on any atom is 0.332 e. The van der Waals surface area contributed by atoms with Crippen molar-refractivity contribution in [1.82, 2.24) is 9.88 Å². The topological polar surface area (TPSA) is 79.5 Å². The van der Waals surface area contributed by atoms with Crippen LogP contribution in [-0.4, -0.2) is 34.4 Å². The van der Waals surface area contributed by atoms with Gasteiger partial charge in [-0.1, -0.05) is 43.7 Å². The largest absolute Gasteiger partial charge is 0.332 e. The number of aromatic nitrogens is 1. The summed E-state index contributed by atoms with van der Waals surface area (Å²) < 4.78 is 0. The van der Waals surface area contributed by atoms with Crippen molar-refractivity contribution in [2.75, 3.05) is 11.4 Å². The number of aryl methyl sites for hydroxylation is 2. The molecule has 0 aliphatic carbocycles. The number of hydrogen-bond donors (Lipinski definition) is 1. The summed E-state index contributed by atoms with van der Waals surface area (Å²) in [5.41, 5.74) is 12.4. The Kier molecular flexibility index (Phi) is 8.91. The third-order valence-corrected chi connectivity index (χ3v) is 6.35. The van der Waals surface area contributed by atoms with E-state index in [0.29, 0.717) is 30.4 Å². The Hall–Kier alpha value is -2.15. The number of hydrogen-bond acceptors (Lipinski definition) is 4. The van der Waals surface area contributed by atoms with Gasteiger partial charge in [0.25, 0.3) is 5.91 Å². The van der Waals surface area contributed by atoms with E-state index in [1.807, 2.05) is 38.1 Å². The molecule has 0 saturated carbocycles. The highest BCUT2D eigenvalue weighted by Gasteiger charge is 2.48. The Morgan fingerprint density at radius 2 is 1.76 bits per heavy atom. The number of halogens is 2. The number of benzene rings is 1. The Labute approximate surface area is 208 Å². The van der Waals surface area contributed by atoms with Crippen molar-refractivity contribution >= 4 is 42.4 Å². The lowest BCUT2D eigenvalue weighted by atomic mass is 9.91. The molecule has 4 rings (SSSR count). The van der Waals surface area contributed by atoms with Crippen LogP contribution >= 0.6 is 24.8 Å². The molecule has 2 N–H and O–H groups in total. The molecule has 3 heterocycles. The van der Waals surface area contributed by atoms with Gasteiger partial charge in [-0.2, -0.15) is 0 Å². The third kappa shape index (κ3) is 4.88. The molecular formula is C25H34Cl2N4O2. The van der Waals surface area contributed by atoms with Gasteiger partial charge in [0, 0.05) is 24.3 Å². The Morgan fingerprint density at radius 3 is 2.33 bits per heavy atom. The number of fused-ring (bicyclic) bond motifs is 1. The Balaban J connectivity index is 0.00000193. The van der Waals surface area contributed by atoms with Crippen molar-refractivity contribution in [2.24, 2.45) is 11.7 Å². The molecule has 8 heteroatoms. The molecule has 2 aliphatic rings. The van der Waals surface area contributed by atoms with Crippen LogP contribution in [0.25, 0.3) is 11.1 Å². The van der Waals surface area contributed by atoms with E-state index in [0.717, 1.165) is 53.6 Å². The molecule has 1 atom stereocenters. The molecule has 1 aromatic heterocycles. The monoisotopic (exact) mass is 492 g/mol. The number of piperidine rings is 1. The highest BCUT2D eigenvalue weighted by molar-refractivity contribution is 6.23. The molecular weight excluding hydrogens is 459 g/mol. The number of pyridine rings is 1.